The summed E-state index contributed by atoms with van der Waals surface area (Å²) in [6.45, 7) is 0. The van der Waals surface area contributed by atoms with Crippen LogP contribution in [0.15, 0.2) is 41.5 Å². The maximum atomic E-state index is 4.17. The summed E-state index contributed by atoms with van der Waals surface area (Å²) in [5, 5.41) is 0. The minimum absolute atomic E-state index is 0.830. The van der Waals surface area contributed by atoms with E-state index in [1.54, 1.807) is 31.0 Å². The van der Waals surface area contributed by atoms with E-state index >= 15 is 0 Å². The van der Waals surface area contributed by atoms with Crippen LogP contribution in [0.5, 0.6) is 0 Å². The third kappa shape index (κ3) is 1.89. The van der Waals surface area contributed by atoms with E-state index in [9.17, 15) is 0 Å². The number of nitrogens with zero attached hydrogens (tertiary/aromatic N) is 3. The second-order valence-electron chi connectivity index (χ2n) is 2.48. The van der Waals surface area contributed by atoms with Crippen LogP contribution in [-0.2, 0) is 0 Å². The van der Waals surface area contributed by atoms with Gasteiger partial charge in [-0.3, -0.25) is 15.0 Å². The zero-order chi connectivity index (χ0) is 9.10. The summed E-state index contributed by atoms with van der Waals surface area (Å²) >= 11 is 3.35. The van der Waals surface area contributed by atoms with Gasteiger partial charge in [-0.1, -0.05) is 0 Å². The van der Waals surface area contributed by atoms with Crippen LogP contribution in [0.2, 0.25) is 0 Å². The number of hydrogen-bond acceptors (Lipinski definition) is 3. The standard InChI is InChI=1S/C9H6BrN3/c10-8-3-7(4-12-5-8)9-6-11-1-2-13-9/h1-6H. The molecule has 0 aliphatic rings. The topological polar surface area (TPSA) is 38.7 Å². The van der Waals surface area contributed by atoms with Crippen molar-refractivity contribution in [3.8, 4) is 11.3 Å². The number of hydrogen-bond donors (Lipinski definition) is 0. The average Bonchev–Trinajstić information content (AvgIpc) is 2.19. The molecule has 2 aromatic rings. The third-order valence-electron chi connectivity index (χ3n) is 1.56. The minimum atomic E-state index is 0.830. The maximum absolute atomic E-state index is 4.17. The van der Waals surface area contributed by atoms with Gasteiger partial charge < -0.3 is 0 Å². The Labute approximate surface area is 84.0 Å². The fourth-order valence-corrected chi connectivity index (χ4v) is 1.36. The summed E-state index contributed by atoms with van der Waals surface area (Å²) in [5.41, 5.74) is 1.79. The molecule has 0 amide bonds. The number of rotatable bonds is 1. The van der Waals surface area contributed by atoms with Crippen molar-refractivity contribution in [2.75, 3.05) is 0 Å². The van der Waals surface area contributed by atoms with Crippen molar-refractivity contribution in [3.63, 3.8) is 0 Å². The van der Waals surface area contributed by atoms with Gasteiger partial charge in [0.15, 0.2) is 0 Å². The molecular formula is C9H6BrN3. The predicted octanol–water partition coefficient (Wildman–Crippen LogP) is 2.30. The molecule has 0 atom stereocenters. The van der Waals surface area contributed by atoms with Crippen molar-refractivity contribution in [2.45, 2.75) is 0 Å². The van der Waals surface area contributed by atoms with E-state index in [0.29, 0.717) is 0 Å². The van der Waals surface area contributed by atoms with Crippen LogP contribution in [0, 0.1) is 0 Å². The molecule has 0 spiro atoms. The van der Waals surface area contributed by atoms with E-state index in [-0.39, 0.29) is 0 Å². The van der Waals surface area contributed by atoms with E-state index in [1.807, 2.05) is 6.07 Å². The Kier molecular flexibility index (Phi) is 2.31. The quantitative estimate of drug-likeness (QED) is 0.762. The maximum Gasteiger partial charge on any atom is 0.0901 e. The van der Waals surface area contributed by atoms with Crippen molar-refractivity contribution in [3.05, 3.63) is 41.5 Å². The van der Waals surface area contributed by atoms with Gasteiger partial charge in [-0.15, -0.1) is 0 Å². The minimum Gasteiger partial charge on any atom is -0.263 e. The molecule has 0 bridgehead atoms. The predicted molar refractivity (Wildman–Crippen MR) is 53.0 cm³/mol. The van der Waals surface area contributed by atoms with E-state index in [1.165, 1.54) is 0 Å². The van der Waals surface area contributed by atoms with Crippen LogP contribution in [0.3, 0.4) is 0 Å². The van der Waals surface area contributed by atoms with Crippen molar-refractivity contribution in [2.24, 2.45) is 0 Å². The molecule has 0 unspecified atom stereocenters. The van der Waals surface area contributed by atoms with Crippen LogP contribution in [0.4, 0.5) is 0 Å². The van der Waals surface area contributed by atoms with Gasteiger partial charge in [-0.25, -0.2) is 0 Å². The second kappa shape index (κ2) is 3.62. The molecule has 0 aliphatic carbocycles. The Morgan fingerprint density at radius 1 is 1.00 bits per heavy atom. The van der Waals surface area contributed by atoms with Crippen LogP contribution in [0.1, 0.15) is 0 Å². The fourth-order valence-electron chi connectivity index (χ4n) is 1.00. The van der Waals surface area contributed by atoms with Crippen LogP contribution >= 0.6 is 15.9 Å². The molecule has 2 rings (SSSR count). The van der Waals surface area contributed by atoms with E-state index in [2.05, 4.69) is 30.9 Å². The van der Waals surface area contributed by atoms with E-state index < -0.39 is 0 Å². The lowest BCUT2D eigenvalue weighted by molar-refractivity contribution is 1.19. The molecule has 3 nitrogen and oxygen atoms in total. The first-order chi connectivity index (χ1) is 6.36. The Morgan fingerprint density at radius 2 is 1.92 bits per heavy atom. The third-order valence-corrected chi connectivity index (χ3v) is 2.00. The van der Waals surface area contributed by atoms with E-state index in [0.717, 1.165) is 15.7 Å². The summed E-state index contributed by atoms with van der Waals surface area (Å²) < 4.78 is 0.940. The zero-order valence-electron chi connectivity index (χ0n) is 6.68. The van der Waals surface area contributed by atoms with Gasteiger partial charge >= 0.3 is 0 Å². The summed E-state index contributed by atoms with van der Waals surface area (Å²) in [6.07, 6.45) is 8.52. The highest BCUT2D eigenvalue weighted by atomic mass is 79.9. The molecule has 0 saturated carbocycles. The Morgan fingerprint density at radius 3 is 2.62 bits per heavy atom. The highest BCUT2D eigenvalue weighted by Gasteiger charge is 1.98. The molecule has 0 aromatic carbocycles. The number of halogens is 1. The molecule has 0 radical (unpaired) electrons. The molecule has 0 fully saturated rings. The Balaban J connectivity index is 2.48. The normalized spacial score (nSPS) is 9.92. The molecule has 4 heteroatoms. The first kappa shape index (κ1) is 8.31. The molecule has 64 valence electrons. The SMILES string of the molecule is Brc1cncc(-c2cnccn2)c1. The van der Waals surface area contributed by atoms with Gasteiger partial charge in [0, 0.05) is 34.8 Å². The van der Waals surface area contributed by atoms with Crippen molar-refractivity contribution >= 4 is 15.9 Å². The van der Waals surface area contributed by atoms with Crippen LogP contribution in [0.25, 0.3) is 11.3 Å². The number of pyridine rings is 1. The van der Waals surface area contributed by atoms with Gasteiger partial charge in [0.2, 0.25) is 0 Å². The largest absolute Gasteiger partial charge is 0.263 e. The molecule has 0 N–H and O–H groups in total. The lowest BCUT2D eigenvalue weighted by Crippen LogP contribution is -1.84. The molecule has 0 saturated heterocycles. The van der Waals surface area contributed by atoms with Crippen LogP contribution < -0.4 is 0 Å². The second-order valence-corrected chi connectivity index (χ2v) is 3.40. The molecule has 0 aliphatic heterocycles. The van der Waals surface area contributed by atoms with Crippen molar-refractivity contribution in [1.82, 2.24) is 15.0 Å². The smallest absolute Gasteiger partial charge is 0.0901 e. The lowest BCUT2D eigenvalue weighted by atomic mass is 10.2. The van der Waals surface area contributed by atoms with Gasteiger partial charge in [0.05, 0.1) is 11.9 Å². The molecular weight excluding hydrogens is 230 g/mol. The molecule has 13 heavy (non-hydrogen) atoms. The summed E-state index contributed by atoms with van der Waals surface area (Å²) in [7, 11) is 0. The van der Waals surface area contributed by atoms with Crippen molar-refractivity contribution in [1.29, 1.82) is 0 Å². The van der Waals surface area contributed by atoms with Gasteiger partial charge in [-0.2, -0.15) is 0 Å². The lowest BCUT2D eigenvalue weighted by Gasteiger charge is -1.98. The first-order valence-corrected chi connectivity index (χ1v) is 4.52. The highest BCUT2D eigenvalue weighted by Crippen LogP contribution is 2.18. The Bertz CT molecular complexity index is 403. The van der Waals surface area contributed by atoms with Crippen molar-refractivity contribution < 1.29 is 0 Å². The summed E-state index contributed by atoms with van der Waals surface area (Å²) in [4.78, 5) is 12.2. The van der Waals surface area contributed by atoms with Crippen LogP contribution in [-0.4, -0.2) is 15.0 Å². The zero-order valence-corrected chi connectivity index (χ0v) is 8.27. The highest BCUT2D eigenvalue weighted by molar-refractivity contribution is 9.10. The molecule has 2 aromatic heterocycles. The summed E-state index contributed by atoms with van der Waals surface area (Å²) in [6, 6.07) is 1.96. The fraction of sp³-hybridized carbons (Fsp3) is 0. The monoisotopic (exact) mass is 235 g/mol. The average molecular weight is 236 g/mol. The number of aromatic nitrogens is 3. The molecule has 2 heterocycles. The van der Waals surface area contributed by atoms with Gasteiger partial charge in [-0.05, 0) is 22.0 Å². The van der Waals surface area contributed by atoms with E-state index in [4.69, 9.17) is 0 Å². The first-order valence-electron chi connectivity index (χ1n) is 3.73. The van der Waals surface area contributed by atoms with Gasteiger partial charge in [0.25, 0.3) is 0 Å². The Hall–Kier alpha value is -1.29. The summed E-state index contributed by atoms with van der Waals surface area (Å²) in [5.74, 6) is 0. The van der Waals surface area contributed by atoms with Gasteiger partial charge in [0.1, 0.15) is 0 Å².